The number of fused-ring (bicyclic) bond motifs is 4. The van der Waals surface area contributed by atoms with E-state index < -0.39 is 0 Å². The molecule has 1 aliphatic carbocycles. The van der Waals surface area contributed by atoms with E-state index >= 15 is 0 Å². The zero-order valence-corrected chi connectivity index (χ0v) is 8.66. The molecule has 1 fully saturated rings. The van der Waals surface area contributed by atoms with Gasteiger partial charge in [-0.05, 0) is 36.4 Å². The third-order valence-corrected chi connectivity index (χ3v) is 3.75. The third kappa shape index (κ3) is 1.27. The number of hydrogen-bond donors (Lipinski definition) is 1. The van der Waals surface area contributed by atoms with Crippen LogP contribution in [-0.4, -0.2) is 12.1 Å². The second kappa shape index (κ2) is 3.08. The lowest BCUT2D eigenvalue weighted by Gasteiger charge is -2.42. The van der Waals surface area contributed by atoms with Crippen molar-refractivity contribution >= 4 is 0 Å². The van der Waals surface area contributed by atoms with Crippen LogP contribution in [0.15, 0.2) is 24.3 Å². The Kier molecular flexibility index (Phi) is 1.83. The predicted molar refractivity (Wildman–Crippen MR) is 58.5 cm³/mol. The number of benzene rings is 1. The average Bonchev–Trinajstić information content (AvgIpc) is 2.29. The Balaban J connectivity index is 2.10. The summed E-state index contributed by atoms with van der Waals surface area (Å²) in [5.74, 6) is 0.593. The summed E-state index contributed by atoms with van der Waals surface area (Å²) in [6.45, 7) is 0.979. The molecule has 0 aromatic heterocycles. The highest BCUT2D eigenvalue weighted by atomic mass is 15.0. The van der Waals surface area contributed by atoms with Crippen molar-refractivity contribution in [3.63, 3.8) is 0 Å². The topological polar surface area (TPSA) is 35.8 Å². The van der Waals surface area contributed by atoms with Crippen LogP contribution >= 0.6 is 0 Å². The molecule has 76 valence electrons. The average molecular weight is 198 g/mol. The maximum atomic E-state index is 9.31. The lowest BCUT2D eigenvalue weighted by atomic mass is 9.69. The highest BCUT2D eigenvalue weighted by molar-refractivity contribution is 5.39. The van der Waals surface area contributed by atoms with E-state index in [-0.39, 0.29) is 5.54 Å². The van der Waals surface area contributed by atoms with E-state index in [2.05, 4.69) is 35.7 Å². The molecule has 2 nitrogen and oxygen atoms in total. The SMILES string of the molecule is N#CC12Cc3ccccc3C(CCN1)C2. The molecule has 1 aromatic rings. The molecule has 2 atom stereocenters. The van der Waals surface area contributed by atoms with Crippen molar-refractivity contribution in [2.45, 2.75) is 30.7 Å². The zero-order chi connectivity index (χ0) is 10.3. The highest BCUT2D eigenvalue weighted by Crippen LogP contribution is 2.41. The molecule has 0 amide bonds. The van der Waals surface area contributed by atoms with E-state index in [9.17, 15) is 5.26 Å². The summed E-state index contributed by atoms with van der Waals surface area (Å²) in [6, 6.07) is 11.1. The molecule has 1 aliphatic heterocycles. The van der Waals surface area contributed by atoms with Gasteiger partial charge in [0.25, 0.3) is 0 Å². The van der Waals surface area contributed by atoms with Crippen molar-refractivity contribution < 1.29 is 0 Å². The highest BCUT2D eigenvalue weighted by Gasteiger charge is 2.41. The van der Waals surface area contributed by atoms with Crippen LogP contribution in [0.1, 0.15) is 29.9 Å². The van der Waals surface area contributed by atoms with Crippen molar-refractivity contribution in [1.82, 2.24) is 5.32 Å². The van der Waals surface area contributed by atoms with Crippen LogP contribution in [0.4, 0.5) is 0 Å². The Morgan fingerprint density at radius 3 is 3.13 bits per heavy atom. The molecular formula is C13H14N2. The second-order valence-electron chi connectivity index (χ2n) is 4.69. The van der Waals surface area contributed by atoms with E-state index in [1.807, 2.05) is 0 Å². The van der Waals surface area contributed by atoms with Gasteiger partial charge in [-0.1, -0.05) is 24.3 Å². The monoisotopic (exact) mass is 198 g/mol. The number of piperidine rings is 1. The molecule has 1 heterocycles. The predicted octanol–water partition coefficient (Wildman–Crippen LogP) is 1.97. The minimum absolute atomic E-state index is 0.280. The van der Waals surface area contributed by atoms with E-state index in [4.69, 9.17) is 0 Å². The van der Waals surface area contributed by atoms with Crippen molar-refractivity contribution in [2.24, 2.45) is 0 Å². The number of rotatable bonds is 0. The molecule has 1 aromatic carbocycles. The summed E-state index contributed by atoms with van der Waals surface area (Å²) < 4.78 is 0. The van der Waals surface area contributed by atoms with Crippen molar-refractivity contribution in [2.75, 3.05) is 6.54 Å². The molecular weight excluding hydrogens is 184 g/mol. The Hall–Kier alpha value is -1.33. The Labute approximate surface area is 89.9 Å². The molecule has 2 bridgehead atoms. The Bertz CT molecular complexity index is 432. The van der Waals surface area contributed by atoms with Crippen LogP contribution in [0.5, 0.6) is 0 Å². The van der Waals surface area contributed by atoms with E-state index in [1.54, 1.807) is 0 Å². The minimum atomic E-state index is -0.280. The van der Waals surface area contributed by atoms with Crippen molar-refractivity contribution in [3.05, 3.63) is 35.4 Å². The fourth-order valence-corrected chi connectivity index (χ4v) is 3.02. The van der Waals surface area contributed by atoms with Crippen LogP contribution in [0.2, 0.25) is 0 Å². The lowest BCUT2D eigenvalue weighted by molar-refractivity contribution is 0.272. The molecule has 1 saturated heterocycles. The summed E-state index contributed by atoms with van der Waals surface area (Å²) in [4.78, 5) is 0. The largest absolute Gasteiger partial charge is 0.299 e. The van der Waals surface area contributed by atoms with Gasteiger partial charge in [-0.15, -0.1) is 0 Å². The van der Waals surface area contributed by atoms with Crippen LogP contribution in [0.25, 0.3) is 0 Å². The van der Waals surface area contributed by atoms with Gasteiger partial charge in [-0.3, -0.25) is 5.32 Å². The minimum Gasteiger partial charge on any atom is -0.299 e. The quantitative estimate of drug-likeness (QED) is 0.692. The fourth-order valence-electron chi connectivity index (χ4n) is 3.02. The van der Waals surface area contributed by atoms with Gasteiger partial charge < -0.3 is 0 Å². The molecule has 15 heavy (non-hydrogen) atoms. The normalized spacial score (nSPS) is 32.9. The van der Waals surface area contributed by atoms with Crippen molar-refractivity contribution in [3.8, 4) is 6.07 Å². The zero-order valence-electron chi connectivity index (χ0n) is 8.66. The first-order valence-corrected chi connectivity index (χ1v) is 5.57. The number of nitrogens with one attached hydrogen (secondary N) is 1. The molecule has 3 rings (SSSR count). The smallest absolute Gasteiger partial charge is 0.111 e. The molecule has 0 spiro atoms. The first-order chi connectivity index (χ1) is 7.33. The fraction of sp³-hybridized carbons (Fsp3) is 0.462. The summed E-state index contributed by atoms with van der Waals surface area (Å²) in [5, 5.41) is 12.7. The second-order valence-corrected chi connectivity index (χ2v) is 4.69. The molecule has 0 saturated carbocycles. The maximum Gasteiger partial charge on any atom is 0.111 e. The van der Waals surface area contributed by atoms with Gasteiger partial charge in [0.2, 0.25) is 0 Å². The van der Waals surface area contributed by atoms with Crippen LogP contribution < -0.4 is 5.32 Å². The van der Waals surface area contributed by atoms with Gasteiger partial charge in [0.15, 0.2) is 0 Å². The Morgan fingerprint density at radius 2 is 2.27 bits per heavy atom. The number of nitriles is 1. The standard InChI is InChI=1S/C13H14N2/c14-9-13-7-10-3-1-2-4-12(10)11(8-13)5-6-15-13/h1-4,11,15H,5-8H2. The number of nitrogens with zero attached hydrogens (tertiary/aromatic N) is 1. The first kappa shape index (κ1) is 8.94. The molecule has 2 aliphatic rings. The molecule has 2 heteroatoms. The van der Waals surface area contributed by atoms with Gasteiger partial charge in [-0.25, -0.2) is 0 Å². The first-order valence-electron chi connectivity index (χ1n) is 5.57. The maximum absolute atomic E-state index is 9.31. The summed E-state index contributed by atoms with van der Waals surface area (Å²) in [7, 11) is 0. The van der Waals surface area contributed by atoms with Gasteiger partial charge >= 0.3 is 0 Å². The van der Waals surface area contributed by atoms with Crippen molar-refractivity contribution in [1.29, 1.82) is 5.26 Å². The van der Waals surface area contributed by atoms with Crippen LogP contribution in [-0.2, 0) is 6.42 Å². The van der Waals surface area contributed by atoms with Crippen LogP contribution in [0, 0.1) is 11.3 Å². The Morgan fingerprint density at radius 1 is 1.40 bits per heavy atom. The number of hydrogen-bond acceptors (Lipinski definition) is 2. The van der Waals surface area contributed by atoms with Gasteiger partial charge in [0.05, 0.1) is 6.07 Å². The van der Waals surface area contributed by atoms with Gasteiger partial charge in [-0.2, -0.15) is 5.26 Å². The van der Waals surface area contributed by atoms with E-state index in [1.165, 1.54) is 17.5 Å². The third-order valence-electron chi connectivity index (χ3n) is 3.75. The van der Waals surface area contributed by atoms with E-state index in [0.717, 1.165) is 19.4 Å². The summed E-state index contributed by atoms with van der Waals surface area (Å²) in [5.41, 5.74) is 2.56. The molecule has 0 radical (unpaired) electrons. The van der Waals surface area contributed by atoms with E-state index in [0.29, 0.717) is 5.92 Å². The summed E-state index contributed by atoms with van der Waals surface area (Å²) >= 11 is 0. The lowest BCUT2D eigenvalue weighted by Crippen LogP contribution is -2.53. The van der Waals surface area contributed by atoms with Crippen LogP contribution in [0.3, 0.4) is 0 Å². The van der Waals surface area contributed by atoms with Gasteiger partial charge in [0.1, 0.15) is 5.54 Å². The molecule has 1 N–H and O–H groups in total. The molecule has 2 unspecified atom stereocenters. The summed E-state index contributed by atoms with van der Waals surface area (Å²) in [6.07, 6.45) is 3.02. The van der Waals surface area contributed by atoms with Gasteiger partial charge in [0, 0.05) is 6.42 Å².